The van der Waals surface area contributed by atoms with Crippen molar-refractivity contribution in [1.82, 2.24) is 4.57 Å². The molecule has 112 valence electrons. The number of methoxy groups -OCH3 is 2. The van der Waals surface area contributed by atoms with E-state index in [4.69, 9.17) is 9.47 Å². The molecule has 0 saturated carbocycles. The van der Waals surface area contributed by atoms with Gasteiger partial charge in [0, 0.05) is 22.9 Å². The number of aryl methyl sites for hydroxylation is 3. The lowest BCUT2D eigenvalue weighted by Gasteiger charge is -2.15. The minimum atomic E-state index is 0.0610. The molecule has 0 spiro atoms. The molecule has 2 aromatic carbocycles. The van der Waals surface area contributed by atoms with Gasteiger partial charge in [0.25, 0.3) is 5.56 Å². The Balaban J connectivity index is 2.32. The molecule has 0 unspecified atom stereocenters. The zero-order chi connectivity index (χ0) is 15.4. The number of ether oxygens (including phenoxy) is 2. The van der Waals surface area contributed by atoms with Crippen molar-refractivity contribution in [3.05, 3.63) is 45.7 Å². The Morgan fingerprint density at radius 2 is 1.95 bits per heavy atom. The molecule has 0 N–H and O–H groups in total. The molecule has 3 aromatic rings. The van der Waals surface area contributed by atoms with Gasteiger partial charge in [-0.05, 0) is 25.0 Å². The van der Waals surface area contributed by atoms with Crippen LogP contribution in [0, 0.1) is 6.92 Å². The van der Waals surface area contributed by atoms with E-state index in [1.54, 1.807) is 14.2 Å². The van der Waals surface area contributed by atoms with E-state index in [0.29, 0.717) is 11.5 Å². The fourth-order valence-corrected chi connectivity index (χ4v) is 3.67. The number of fused-ring (bicyclic) bond motifs is 2. The SMILES string of the molecule is COc1cc2c(c(C)c1OC)c(=O)n1c3c(cccc23)CC1. The second-order valence-corrected chi connectivity index (χ2v) is 5.68. The molecule has 1 aliphatic rings. The third kappa shape index (κ3) is 1.49. The lowest BCUT2D eigenvalue weighted by molar-refractivity contribution is 0.354. The molecule has 0 fully saturated rings. The fraction of sp³-hybridized carbons (Fsp3) is 0.278. The Morgan fingerprint density at radius 3 is 2.68 bits per heavy atom. The van der Waals surface area contributed by atoms with Crippen molar-refractivity contribution in [3.8, 4) is 11.5 Å². The van der Waals surface area contributed by atoms with Crippen LogP contribution in [0.2, 0.25) is 0 Å². The fourth-order valence-electron chi connectivity index (χ4n) is 3.67. The van der Waals surface area contributed by atoms with Gasteiger partial charge in [-0.2, -0.15) is 0 Å². The highest BCUT2D eigenvalue weighted by molar-refractivity contribution is 6.09. The maximum Gasteiger partial charge on any atom is 0.259 e. The standard InChI is InChI=1S/C18H17NO3/c1-10-15-13(9-14(21-2)17(10)22-3)12-6-4-5-11-7-8-19(16(11)12)18(15)20/h4-6,9H,7-8H2,1-3H3. The maximum atomic E-state index is 13.0. The Bertz CT molecular complexity index is 985. The summed E-state index contributed by atoms with van der Waals surface area (Å²) < 4.78 is 12.8. The summed E-state index contributed by atoms with van der Waals surface area (Å²) in [5, 5.41) is 2.77. The molecule has 1 aliphatic heterocycles. The molecule has 0 amide bonds. The first-order valence-corrected chi connectivity index (χ1v) is 7.37. The largest absolute Gasteiger partial charge is 0.493 e. The summed E-state index contributed by atoms with van der Waals surface area (Å²) in [5.74, 6) is 1.30. The van der Waals surface area contributed by atoms with E-state index < -0.39 is 0 Å². The average Bonchev–Trinajstić information content (AvgIpc) is 2.97. The Kier molecular flexibility index (Phi) is 2.70. The molecule has 1 aromatic heterocycles. The monoisotopic (exact) mass is 295 g/mol. The number of para-hydroxylation sites is 1. The van der Waals surface area contributed by atoms with Gasteiger partial charge in [0.1, 0.15) is 0 Å². The molecule has 0 radical (unpaired) electrons. The molecule has 0 saturated heterocycles. The van der Waals surface area contributed by atoms with Gasteiger partial charge in [-0.15, -0.1) is 0 Å². The number of benzene rings is 2. The number of nitrogens with zero attached hydrogens (tertiary/aromatic N) is 1. The summed E-state index contributed by atoms with van der Waals surface area (Å²) in [6.45, 7) is 2.67. The first-order valence-electron chi connectivity index (χ1n) is 7.37. The van der Waals surface area contributed by atoms with Crippen molar-refractivity contribution in [2.24, 2.45) is 0 Å². The van der Waals surface area contributed by atoms with Crippen molar-refractivity contribution < 1.29 is 9.47 Å². The van der Waals surface area contributed by atoms with Crippen molar-refractivity contribution in [2.45, 2.75) is 19.9 Å². The number of rotatable bonds is 2. The smallest absolute Gasteiger partial charge is 0.259 e. The molecular formula is C18H17NO3. The van der Waals surface area contributed by atoms with Crippen LogP contribution in [0.3, 0.4) is 0 Å². The van der Waals surface area contributed by atoms with Crippen LogP contribution in [-0.2, 0) is 13.0 Å². The molecule has 0 bridgehead atoms. The quantitative estimate of drug-likeness (QED) is 0.682. The third-order valence-corrected chi connectivity index (χ3v) is 4.65. The van der Waals surface area contributed by atoms with E-state index in [-0.39, 0.29) is 5.56 Å². The zero-order valence-electron chi connectivity index (χ0n) is 12.9. The molecule has 2 heterocycles. The van der Waals surface area contributed by atoms with Crippen molar-refractivity contribution in [1.29, 1.82) is 0 Å². The second-order valence-electron chi connectivity index (χ2n) is 5.68. The average molecular weight is 295 g/mol. The first-order chi connectivity index (χ1) is 10.7. The Labute approximate surface area is 127 Å². The number of aromatic nitrogens is 1. The first kappa shape index (κ1) is 13.2. The van der Waals surface area contributed by atoms with E-state index in [1.165, 1.54) is 5.56 Å². The van der Waals surface area contributed by atoms with Crippen LogP contribution in [0.1, 0.15) is 11.1 Å². The third-order valence-electron chi connectivity index (χ3n) is 4.65. The topological polar surface area (TPSA) is 40.5 Å². The van der Waals surface area contributed by atoms with Crippen LogP contribution >= 0.6 is 0 Å². The lowest BCUT2D eigenvalue weighted by atomic mass is 10.00. The van der Waals surface area contributed by atoms with Crippen LogP contribution in [0.25, 0.3) is 21.7 Å². The van der Waals surface area contributed by atoms with Crippen LogP contribution in [0.5, 0.6) is 11.5 Å². The second kappa shape index (κ2) is 4.50. The highest BCUT2D eigenvalue weighted by Crippen LogP contribution is 2.39. The van der Waals surface area contributed by atoms with Gasteiger partial charge < -0.3 is 14.0 Å². The summed E-state index contributed by atoms with van der Waals surface area (Å²) >= 11 is 0. The predicted octanol–water partition coefficient (Wildman–Crippen LogP) is 3.04. The summed E-state index contributed by atoms with van der Waals surface area (Å²) in [6.07, 6.45) is 0.913. The van der Waals surface area contributed by atoms with E-state index >= 15 is 0 Å². The van der Waals surface area contributed by atoms with Gasteiger partial charge in [0.2, 0.25) is 0 Å². The highest BCUT2D eigenvalue weighted by atomic mass is 16.5. The van der Waals surface area contributed by atoms with E-state index in [0.717, 1.165) is 40.2 Å². The van der Waals surface area contributed by atoms with Crippen LogP contribution in [0.4, 0.5) is 0 Å². The maximum absolute atomic E-state index is 13.0. The lowest BCUT2D eigenvalue weighted by Crippen LogP contribution is -2.19. The number of hydrogen-bond acceptors (Lipinski definition) is 3. The number of pyridine rings is 1. The summed E-state index contributed by atoms with van der Waals surface area (Å²) in [7, 11) is 3.22. The normalized spacial score (nSPS) is 13.0. The zero-order valence-corrected chi connectivity index (χ0v) is 12.9. The minimum absolute atomic E-state index is 0.0610. The molecular weight excluding hydrogens is 278 g/mol. The Morgan fingerprint density at radius 1 is 1.14 bits per heavy atom. The van der Waals surface area contributed by atoms with Crippen molar-refractivity contribution >= 4 is 21.7 Å². The van der Waals surface area contributed by atoms with Crippen molar-refractivity contribution in [3.63, 3.8) is 0 Å². The molecule has 22 heavy (non-hydrogen) atoms. The van der Waals surface area contributed by atoms with Gasteiger partial charge >= 0.3 is 0 Å². The predicted molar refractivity (Wildman–Crippen MR) is 87.3 cm³/mol. The highest BCUT2D eigenvalue weighted by Gasteiger charge is 2.22. The molecule has 0 aliphatic carbocycles. The number of hydrogen-bond donors (Lipinski definition) is 0. The molecule has 4 heteroatoms. The van der Waals surface area contributed by atoms with Crippen LogP contribution < -0.4 is 15.0 Å². The van der Waals surface area contributed by atoms with Gasteiger partial charge in [0.05, 0.1) is 25.1 Å². The van der Waals surface area contributed by atoms with Crippen molar-refractivity contribution in [2.75, 3.05) is 14.2 Å². The summed E-state index contributed by atoms with van der Waals surface area (Å²) in [4.78, 5) is 13.0. The van der Waals surface area contributed by atoms with Crippen LogP contribution in [0.15, 0.2) is 29.1 Å². The summed E-state index contributed by atoms with van der Waals surface area (Å²) in [5.41, 5.74) is 3.20. The van der Waals surface area contributed by atoms with Gasteiger partial charge in [-0.25, -0.2) is 0 Å². The van der Waals surface area contributed by atoms with E-state index in [9.17, 15) is 4.79 Å². The molecule has 4 rings (SSSR count). The van der Waals surface area contributed by atoms with Gasteiger partial charge in [0.15, 0.2) is 11.5 Å². The molecule has 4 nitrogen and oxygen atoms in total. The summed E-state index contributed by atoms with van der Waals surface area (Å²) in [6, 6.07) is 8.16. The van der Waals surface area contributed by atoms with E-state index in [1.807, 2.05) is 17.6 Å². The van der Waals surface area contributed by atoms with Crippen LogP contribution in [-0.4, -0.2) is 18.8 Å². The minimum Gasteiger partial charge on any atom is -0.493 e. The van der Waals surface area contributed by atoms with Gasteiger partial charge in [-0.1, -0.05) is 18.2 Å². The van der Waals surface area contributed by atoms with E-state index in [2.05, 4.69) is 18.2 Å². The van der Waals surface area contributed by atoms with Gasteiger partial charge in [-0.3, -0.25) is 4.79 Å². The Hall–Kier alpha value is -2.49. The molecule has 0 atom stereocenters.